The van der Waals surface area contributed by atoms with Crippen molar-refractivity contribution in [1.82, 2.24) is 24.8 Å². The SMILES string of the molecule is CC(=O)N1CCC(Oc2ncnc3ccc(-c4cncc(N(c5ccccc5)S(=O)(=O)O)c4)nc23)CC1. The van der Waals surface area contributed by atoms with Gasteiger partial charge in [0.05, 0.1) is 28.8 Å². The number of benzene rings is 1. The summed E-state index contributed by atoms with van der Waals surface area (Å²) in [7, 11) is -4.63. The van der Waals surface area contributed by atoms with Crippen LogP contribution in [-0.4, -0.2) is 62.9 Å². The average Bonchev–Trinajstić information content (AvgIpc) is 2.89. The van der Waals surface area contributed by atoms with E-state index in [0.717, 1.165) is 4.31 Å². The molecule has 1 N–H and O–H groups in total. The Morgan fingerprint density at radius 1 is 1.05 bits per heavy atom. The summed E-state index contributed by atoms with van der Waals surface area (Å²) in [5, 5.41) is 0. The summed E-state index contributed by atoms with van der Waals surface area (Å²) >= 11 is 0. The number of carbonyl (C=O) groups is 1. The van der Waals surface area contributed by atoms with Gasteiger partial charge in [-0.15, -0.1) is 0 Å². The number of nitrogens with zero attached hydrogens (tertiary/aromatic N) is 6. The molecule has 0 unspecified atom stereocenters. The van der Waals surface area contributed by atoms with E-state index in [4.69, 9.17) is 9.72 Å². The minimum atomic E-state index is -4.63. The van der Waals surface area contributed by atoms with Crippen molar-refractivity contribution in [3.63, 3.8) is 0 Å². The fourth-order valence-electron chi connectivity index (χ4n) is 4.27. The molecule has 3 aromatic heterocycles. The molecule has 1 amide bonds. The Hall–Kier alpha value is -4.16. The van der Waals surface area contributed by atoms with Gasteiger partial charge in [0.2, 0.25) is 11.8 Å². The smallest absolute Gasteiger partial charge is 0.364 e. The van der Waals surface area contributed by atoms with Gasteiger partial charge >= 0.3 is 10.3 Å². The van der Waals surface area contributed by atoms with E-state index in [1.165, 1.54) is 12.5 Å². The number of piperidine rings is 1. The van der Waals surface area contributed by atoms with Gasteiger partial charge in [-0.3, -0.25) is 14.3 Å². The summed E-state index contributed by atoms with van der Waals surface area (Å²) in [6.07, 6.45) is 5.56. The number of hydrogen-bond donors (Lipinski definition) is 1. The highest BCUT2D eigenvalue weighted by molar-refractivity contribution is 7.87. The Balaban J connectivity index is 1.47. The zero-order chi connectivity index (χ0) is 26.0. The molecule has 1 fully saturated rings. The van der Waals surface area contributed by atoms with Crippen molar-refractivity contribution in [3.8, 4) is 17.1 Å². The first-order valence-corrected chi connectivity index (χ1v) is 13.0. The van der Waals surface area contributed by atoms with Crippen LogP contribution in [-0.2, 0) is 15.1 Å². The molecule has 1 aliphatic heterocycles. The Labute approximate surface area is 213 Å². The topological polar surface area (TPSA) is 139 Å². The maximum atomic E-state index is 12.2. The number of aromatic nitrogens is 4. The number of rotatable bonds is 6. The van der Waals surface area contributed by atoms with Gasteiger partial charge in [0.1, 0.15) is 12.4 Å². The number of fused-ring (bicyclic) bond motifs is 1. The van der Waals surface area contributed by atoms with E-state index in [0.29, 0.717) is 54.1 Å². The molecule has 0 aliphatic carbocycles. The van der Waals surface area contributed by atoms with Crippen LogP contribution in [0.1, 0.15) is 19.8 Å². The lowest BCUT2D eigenvalue weighted by atomic mass is 10.1. The normalized spacial score (nSPS) is 14.5. The second-order valence-corrected chi connectivity index (χ2v) is 9.84. The first kappa shape index (κ1) is 24.5. The Bertz CT molecular complexity index is 1540. The standard InChI is InChI=1S/C25H24N6O5S/c1-17(32)30-11-9-21(10-12-30)36-25-24-23(27-16-28-25)8-7-22(29-24)18-13-20(15-26-14-18)31(37(33,34)35)19-5-3-2-4-6-19/h2-8,13-16,21H,9-12H2,1H3,(H,33,34,35). The molecule has 12 heteroatoms. The van der Waals surface area contributed by atoms with Crippen LogP contribution in [0.5, 0.6) is 5.88 Å². The lowest BCUT2D eigenvalue weighted by molar-refractivity contribution is -0.130. The number of para-hydroxylation sites is 1. The largest absolute Gasteiger partial charge is 0.473 e. The van der Waals surface area contributed by atoms with Crippen LogP contribution in [0.3, 0.4) is 0 Å². The predicted octanol–water partition coefficient (Wildman–Crippen LogP) is 3.42. The van der Waals surface area contributed by atoms with Crippen molar-refractivity contribution in [3.05, 3.63) is 67.3 Å². The first-order chi connectivity index (χ1) is 17.8. The van der Waals surface area contributed by atoms with Gasteiger partial charge in [-0.05, 0) is 30.3 Å². The van der Waals surface area contributed by atoms with E-state index in [1.807, 2.05) is 0 Å². The van der Waals surface area contributed by atoms with Gasteiger partial charge in [-0.1, -0.05) is 18.2 Å². The van der Waals surface area contributed by atoms with Crippen LogP contribution in [0.25, 0.3) is 22.3 Å². The second kappa shape index (κ2) is 10.1. The third-order valence-electron chi connectivity index (χ3n) is 6.09. The third kappa shape index (κ3) is 5.34. The summed E-state index contributed by atoms with van der Waals surface area (Å²) in [6, 6.07) is 13.3. The van der Waals surface area contributed by atoms with Crippen molar-refractivity contribution in [2.45, 2.75) is 25.9 Å². The van der Waals surface area contributed by atoms with Crippen LogP contribution in [0.4, 0.5) is 11.4 Å². The molecular weight excluding hydrogens is 496 g/mol. The van der Waals surface area contributed by atoms with Gasteiger partial charge in [0.15, 0.2) is 5.52 Å². The molecule has 37 heavy (non-hydrogen) atoms. The summed E-state index contributed by atoms with van der Waals surface area (Å²) in [6.45, 7) is 2.79. The van der Waals surface area contributed by atoms with Crippen molar-refractivity contribution in [2.24, 2.45) is 0 Å². The number of carbonyl (C=O) groups excluding carboxylic acids is 1. The number of pyridine rings is 2. The van der Waals surface area contributed by atoms with Crippen LogP contribution >= 0.6 is 0 Å². The molecule has 190 valence electrons. The molecule has 0 bridgehead atoms. The van der Waals surface area contributed by atoms with E-state index < -0.39 is 10.3 Å². The molecule has 4 aromatic rings. The number of amides is 1. The molecule has 0 saturated carbocycles. The minimum Gasteiger partial charge on any atom is -0.473 e. The maximum Gasteiger partial charge on any atom is 0.364 e. The fraction of sp³-hybridized carbons (Fsp3) is 0.240. The zero-order valence-electron chi connectivity index (χ0n) is 19.9. The maximum absolute atomic E-state index is 12.2. The van der Waals surface area contributed by atoms with Crippen molar-refractivity contribution in [2.75, 3.05) is 17.4 Å². The number of ether oxygens (including phenoxy) is 1. The highest BCUT2D eigenvalue weighted by atomic mass is 32.2. The molecule has 0 radical (unpaired) electrons. The van der Waals surface area contributed by atoms with Crippen LogP contribution in [0, 0.1) is 0 Å². The molecule has 11 nitrogen and oxygen atoms in total. The molecular formula is C25H24N6O5S. The quantitative estimate of drug-likeness (QED) is 0.379. The molecule has 1 aliphatic rings. The van der Waals surface area contributed by atoms with E-state index in [-0.39, 0.29) is 23.4 Å². The van der Waals surface area contributed by atoms with Crippen molar-refractivity contribution < 1.29 is 22.5 Å². The lowest BCUT2D eigenvalue weighted by Gasteiger charge is -2.31. The van der Waals surface area contributed by atoms with Crippen LogP contribution < -0.4 is 9.04 Å². The molecule has 1 aromatic carbocycles. The minimum absolute atomic E-state index is 0.0490. The number of hydrogen-bond acceptors (Lipinski definition) is 8. The third-order valence-corrected chi connectivity index (χ3v) is 6.97. The summed E-state index contributed by atoms with van der Waals surface area (Å²) < 4.78 is 41.4. The van der Waals surface area contributed by atoms with Gasteiger partial charge in [-0.25, -0.2) is 14.3 Å². The number of anilines is 2. The molecule has 4 heterocycles. The van der Waals surface area contributed by atoms with E-state index >= 15 is 0 Å². The van der Waals surface area contributed by atoms with Gasteiger partial charge in [0.25, 0.3) is 0 Å². The van der Waals surface area contributed by atoms with Gasteiger partial charge in [0, 0.05) is 44.6 Å². The van der Waals surface area contributed by atoms with Crippen molar-refractivity contribution in [1.29, 1.82) is 0 Å². The van der Waals surface area contributed by atoms with Crippen LogP contribution in [0.15, 0.2) is 67.3 Å². The molecule has 5 rings (SSSR count). The molecule has 0 atom stereocenters. The van der Waals surface area contributed by atoms with Gasteiger partial charge in [-0.2, -0.15) is 13.4 Å². The highest BCUT2D eigenvalue weighted by Gasteiger charge is 2.24. The van der Waals surface area contributed by atoms with E-state index in [9.17, 15) is 17.8 Å². The summed E-state index contributed by atoms with van der Waals surface area (Å²) in [4.78, 5) is 30.9. The van der Waals surface area contributed by atoms with Crippen molar-refractivity contribution >= 4 is 38.6 Å². The van der Waals surface area contributed by atoms with E-state index in [2.05, 4.69) is 15.0 Å². The lowest BCUT2D eigenvalue weighted by Crippen LogP contribution is -2.40. The Kier molecular flexibility index (Phi) is 6.68. The Morgan fingerprint density at radius 2 is 1.81 bits per heavy atom. The monoisotopic (exact) mass is 520 g/mol. The van der Waals surface area contributed by atoms with E-state index in [1.54, 1.807) is 66.6 Å². The molecule has 0 spiro atoms. The molecule has 1 saturated heterocycles. The zero-order valence-corrected chi connectivity index (χ0v) is 20.7. The Morgan fingerprint density at radius 3 is 2.51 bits per heavy atom. The summed E-state index contributed by atoms with van der Waals surface area (Å²) in [5.41, 5.74) is 2.46. The average molecular weight is 521 g/mol. The number of likely N-dealkylation sites (tertiary alicyclic amines) is 1. The fourth-order valence-corrected chi connectivity index (χ4v) is 5.02. The van der Waals surface area contributed by atoms with Crippen LogP contribution in [0.2, 0.25) is 0 Å². The van der Waals surface area contributed by atoms with Gasteiger partial charge < -0.3 is 9.64 Å². The second-order valence-electron chi connectivity index (χ2n) is 8.58. The summed E-state index contributed by atoms with van der Waals surface area (Å²) in [5.74, 6) is 0.383. The predicted molar refractivity (Wildman–Crippen MR) is 137 cm³/mol. The highest BCUT2D eigenvalue weighted by Crippen LogP contribution is 2.32. The first-order valence-electron chi connectivity index (χ1n) is 11.6.